The molecule has 8 aromatic carbocycles. The normalized spacial score (nSPS) is 10.7. The van der Waals surface area contributed by atoms with Crippen molar-refractivity contribution in [3.8, 4) is 104 Å². The van der Waals surface area contributed by atoms with Crippen molar-refractivity contribution >= 4 is 91.7 Å². The molecule has 8 aromatic rings. The number of hydrogen-bond donors (Lipinski definition) is 4. The second kappa shape index (κ2) is 55.1. The van der Waals surface area contributed by atoms with Crippen LogP contribution < -0.4 is 9.47 Å². The first kappa shape index (κ1) is 91.2. The third kappa shape index (κ3) is 30.1. The van der Waals surface area contributed by atoms with Crippen molar-refractivity contribution in [2.75, 3.05) is 24.7 Å². The van der Waals surface area contributed by atoms with Gasteiger partial charge in [0.25, 0.3) is 0 Å². The van der Waals surface area contributed by atoms with Crippen molar-refractivity contribution in [3.05, 3.63) is 119 Å². The van der Waals surface area contributed by atoms with Crippen molar-refractivity contribution in [2.24, 2.45) is 0 Å². The predicted molar refractivity (Wildman–Crippen MR) is 468 cm³/mol. The highest BCUT2D eigenvalue weighted by Gasteiger charge is 2.26. The summed E-state index contributed by atoms with van der Waals surface area (Å²) in [6.07, 6.45) is 42.4. The molecule has 0 unspecified atom stereocenters. The highest BCUT2D eigenvalue weighted by atomic mass is 32.2. The zero-order valence-electron chi connectivity index (χ0n) is 66.6. The smallest absolute Gasteiger partial charge is 0.197 e. The highest BCUT2D eigenvalue weighted by Crippen LogP contribution is 2.53. The molecule has 108 heavy (non-hydrogen) atoms. The lowest BCUT2D eigenvalue weighted by Crippen LogP contribution is -1.99. The van der Waals surface area contributed by atoms with E-state index in [0.717, 1.165) is 143 Å². The van der Waals surface area contributed by atoms with Gasteiger partial charge in [-0.05, 0) is 179 Å². The van der Waals surface area contributed by atoms with Crippen molar-refractivity contribution < 1.29 is 38.3 Å². The van der Waals surface area contributed by atoms with Gasteiger partial charge in [0.2, 0.25) is 0 Å². The van der Waals surface area contributed by atoms with Gasteiger partial charge in [-0.15, -0.1) is 23.5 Å². The van der Waals surface area contributed by atoms with E-state index in [0.29, 0.717) is 58.1 Å². The van der Waals surface area contributed by atoms with Gasteiger partial charge in [-0.3, -0.25) is 0 Å². The van der Waals surface area contributed by atoms with Gasteiger partial charge in [0.05, 0.1) is 24.3 Å². The summed E-state index contributed by atoms with van der Waals surface area (Å²) < 4.78 is 27.9. The van der Waals surface area contributed by atoms with Crippen LogP contribution in [0, 0.1) is 47.4 Å². The quantitative estimate of drug-likeness (QED) is 0.0165. The molecule has 0 radical (unpaired) electrons. The van der Waals surface area contributed by atoms with E-state index < -0.39 is 0 Å². The molecular formula is C96H124O8S4. The first-order chi connectivity index (χ1) is 53.0. The molecule has 8 rings (SSSR count). The lowest BCUT2D eigenvalue weighted by Gasteiger charge is -2.19. The molecule has 12 heteroatoms. The molecule has 0 fully saturated rings. The van der Waals surface area contributed by atoms with E-state index in [1.807, 2.05) is 85.9 Å². The van der Waals surface area contributed by atoms with Crippen LogP contribution in [0.15, 0.2) is 107 Å². The minimum atomic E-state index is 0.00273. The molecule has 0 aliphatic rings. The molecule has 0 saturated carbocycles. The molecule has 4 N–H and O–H groups in total. The Hall–Kier alpha value is -7.42. The summed E-state index contributed by atoms with van der Waals surface area (Å²) in [5, 5.41) is 55.1. The highest BCUT2D eigenvalue weighted by molar-refractivity contribution is 7.99. The fourth-order valence-electron chi connectivity index (χ4n) is 13.4. The van der Waals surface area contributed by atoms with Crippen molar-refractivity contribution in [2.45, 2.75) is 296 Å². The largest absolute Gasteiger partial charge is 0.506 e. The molecule has 0 amide bonds. The van der Waals surface area contributed by atoms with Crippen LogP contribution >= 0.6 is 23.5 Å². The summed E-state index contributed by atoms with van der Waals surface area (Å²) in [5.41, 5.74) is 5.37. The molecule has 8 nitrogen and oxygen atoms in total. The van der Waals surface area contributed by atoms with Gasteiger partial charge in [-0.2, -0.15) is 8.42 Å². The molecule has 0 saturated heterocycles. The number of thioether (sulfide) groups is 2. The van der Waals surface area contributed by atoms with Crippen LogP contribution in [-0.2, 0) is 25.1 Å². The van der Waals surface area contributed by atoms with Gasteiger partial charge in [-0.25, -0.2) is 0 Å². The van der Waals surface area contributed by atoms with Crippen LogP contribution in [0.25, 0.3) is 65.3 Å². The molecule has 0 atom stereocenters. The summed E-state index contributed by atoms with van der Waals surface area (Å²) in [5.74, 6) is 30.1. The van der Waals surface area contributed by atoms with Gasteiger partial charge in [0.1, 0.15) is 11.5 Å². The Balaban J connectivity index is 0.000000371. The third-order valence-electron chi connectivity index (χ3n) is 19.2. The van der Waals surface area contributed by atoms with E-state index >= 15 is 0 Å². The second-order valence-corrected chi connectivity index (χ2v) is 30.6. The molecule has 0 heterocycles. The summed E-state index contributed by atoms with van der Waals surface area (Å²) in [7, 11) is 0. The Labute approximate surface area is 669 Å². The lowest BCUT2D eigenvalue weighted by atomic mass is 9.89. The number of hydrogen-bond acceptors (Lipinski definition) is 12. The summed E-state index contributed by atoms with van der Waals surface area (Å²) >= 11 is 9.36. The van der Waals surface area contributed by atoms with E-state index in [2.05, 4.69) is 163 Å². The molecule has 0 aromatic heterocycles. The molecule has 0 aliphatic heterocycles. The van der Waals surface area contributed by atoms with Crippen LogP contribution in [0.4, 0.5) is 0 Å². The molecule has 0 spiro atoms. The van der Waals surface area contributed by atoms with Gasteiger partial charge in [-0.1, -0.05) is 281 Å². The standard InChI is InChI=1S/C50H66O4.C46H58O2S2.2OS/c1-5-9-11-13-15-17-19-21-23-25-27-39-29-31-43-41(35-39)37-45(53-33-7-3)49(51)47(43)48-44-32-30-40(28-26-24-22-20-18-16-14-12-10-6-2)36-42(44)38-46(50(48)52)54-34-8-4;1-5-9-11-13-15-17-19-21-23-35-31-37-33-39(49-29-7-3)25-27-41(37)43(45(35)47)44-42-28-26-40(50-30-8-4)34-38(42)32-36(46(44)48)24-22-20-18-16-14-12-10-6-2;2*1-2/h29-32,35-38,51-52H,5-24,33-34H2,1-4H3;25-28,31-34,47-48H,5-20,29-30H2,1-4H3;;. The maximum atomic E-state index is 12.1. The fraction of sp³-hybridized carbons (Fsp3) is 0.500. The molecule has 0 bridgehead atoms. The first-order valence-electron chi connectivity index (χ1n) is 41.0. The fourth-order valence-corrected chi connectivity index (χ4v) is 15.1. The number of aromatic hydroxyl groups is 4. The number of ether oxygens (including phenoxy) is 2. The monoisotopic (exact) mass is 1530 g/mol. The topological polar surface area (TPSA) is 134 Å². The zero-order chi connectivity index (χ0) is 77.9. The van der Waals surface area contributed by atoms with Gasteiger partial charge < -0.3 is 29.9 Å². The zero-order valence-corrected chi connectivity index (χ0v) is 69.8. The average Bonchev–Trinajstić information content (AvgIpc) is 0.747. The number of rotatable bonds is 42. The Kier molecular flexibility index (Phi) is 46.5. The first-order valence-corrected chi connectivity index (χ1v) is 43.7. The Morgan fingerprint density at radius 3 is 0.880 bits per heavy atom. The van der Waals surface area contributed by atoms with Gasteiger partial charge in [0, 0.05) is 68.9 Å². The number of unbranched alkanes of at least 4 members (excludes halogenated alkanes) is 28. The molecular weight excluding hydrogens is 1410 g/mol. The number of phenolic OH excluding ortho intramolecular Hbond substituents is 4. The Morgan fingerprint density at radius 1 is 0.296 bits per heavy atom. The molecule has 580 valence electrons. The molecule has 0 aliphatic carbocycles. The predicted octanol–water partition coefficient (Wildman–Crippen LogP) is 28.0. The van der Waals surface area contributed by atoms with Crippen molar-refractivity contribution in [1.29, 1.82) is 0 Å². The SMILES string of the molecule is CCCCCCCCC#Cc1cc2cc(SCCC)ccc2c(-c2c(O)c(C#CCCCCCCCC)cc3cc(SCCC)ccc23)c1O.CCCCCCCCCCC#Cc1ccc2c(-c3c(O)c(OCCC)cc4cc(C#CCCCCCCCCCC)ccc34)c(O)c(OCCC)cc2c1.O=S.O=S. The lowest BCUT2D eigenvalue weighted by molar-refractivity contribution is 0.299. The van der Waals surface area contributed by atoms with E-state index in [9.17, 15) is 20.4 Å². The van der Waals surface area contributed by atoms with Crippen LogP contribution in [-0.4, -0.2) is 53.6 Å². The minimum absolute atomic E-state index is 0.00273. The number of phenols is 4. The van der Waals surface area contributed by atoms with Crippen LogP contribution in [0.5, 0.6) is 34.5 Å². The van der Waals surface area contributed by atoms with E-state index in [1.54, 1.807) is 0 Å². The van der Waals surface area contributed by atoms with Crippen molar-refractivity contribution in [1.82, 2.24) is 0 Å². The average molecular weight is 1530 g/mol. The third-order valence-corrected chi connectivity index (χ3v) is 21.6. The van der Waals surface area contributed by atoms with Gasteiger partial charge in [0.15, 0.2) is 48.1 Å². The number of benzene rings is 8. The van der Waals surface area contributed by atoms with Gasteiger partial charge >= 0.3 is 0 Å². The Bertz CT molecular complexity index is 3990. The van der Waals surface area contributed by atoms with E-state index in [4.69, 9.17) is 17.9 Å². The summed E-state index contributed by atoms with van der Waals surface area (Å²) in [6, 6.07) is 32.9. The summed E-state index contributed by atoms with van der Waals surface area (Å²) in [6.45, 7) is 18.4. The van der Waals surface area contributed by atoms with Crippen LogP contribution in [0.3, 0.4) is 0 Å². The second-order valence-electron chi connectivity index (χ2n) is 28.2. The maximum absolute atomic E-state index is 12.1. The minimum Gasteiger partial charge on any atom is -0.506 e. The maximum Gasteiger partial charge on any atom is 0.197 e. The summed E-state index contributed by atoms with van der Waals surface area (Å²) in [4.78, 5) is 2.39. The van der Waals surface area contributed by atoms with Crippen LogP contribution in [0.2, 0.25) is 0 Å². The van der Waals surface area contributed by atoms with Crippen LogP contribution in [0.1, 0.15) is 309 Å². The van der Waals surface area contributed by atoms with E-state index in [1.165, 1.54) is 164 Å². The Morgan fingerprint density at radius 2 is 0.574 bits per heavy atom. The van der Waals surface area contributed by atoms with E-state index in [-0.39, 0.29) is 23.0 Å². The number of fused-ring (bicyclic) bond motifs is 4. The van der Waals surface area contributed by atoms with Crippen molar-refractivity contribution in [3.63, 3.8) is 0 Å².